The average molecular weight is 279 g/mol. The summed E-state index contributed by atoms with van der Waals surface area (Å²) >= 11 is 0. The van der Waals surface area contributed by atoms with Crippen molar-refractivity contribution in [1.82, 2.24) is 15.5 Å². The lowest BCUT2D eigenvalue weighted by atomic mass is 9.97. The van der Waals surface area contributed by atoms with Crippen molar-refractivity contribution in [2.75, 3.05) is 6.54 Å². The van der Waals surface area contributed by atoms with E-state index < -0.39 is 0 Å². The van der Waals surface area contributed by atoms with Crippen LogP contribution in [-0.4, -0.2) is 41.5 Å². The third kappa shape index (κ3) is 2.38. The fraction of sp³-hybridized carbons (Fsp3) is 0.867. The van der Waals surface area contributed by atoms with E-state index >= 15 is 0 Å². The van der Waals surface area contributed by atoms with E-state index in [0.717, 1.165) is 32.1 Å². The Bertz CT molecular complexity index is 393. The van der Waals surface area contributed by atoms with Crippen molar-refractivity contribution in [1.29, 1.82) is 0 Å². The number of piperidine rings is 1. The van der Waals surface area contributed by atoms with E-state index in [1.54, 1.807) is 0 Å². The molecule has 1 aliphatic heterocycles. The molecule has 0 spiro atoms. The second-order valence-electron chi connectivity index (χ2n) is 6.40. The second kappa shape index (κ2) is 5.62. The van der Waals surface area contributed by atoms with Crippen LogP contribution in [0.3, 0.4) is 0 Å². The summed E-state index contributed by atoms with van der Waals surface area (Å²) in [6.07, 6.45) is 7.74. The van der Waals surface area contributed by atoms with Gasteiger partial charge in [-0.05, 0) is 44.9 Å². The van der Waals surface area contributed by atoms with Crippen molar-refractivity contribution in [3.8, 4) is 0 Å². The van der Waals surface area contributed by atoms with E-state index in [0.29, 0.717) is 18.5 Å². The Hall–Kier alpha value is -1.26. The Morgan fingerprint density at radius 3 is 2.60 bits per heavy atom. The van der Waals surface area contributed by atoms with Crippen LogP contribution in [0.2, 0.25) is 0 Å². The van der Waals surface area contributed by atoms with Gasteiger partial charge in [0.25, 0.3) is 0 Å². The molecule has 1 saturated heterocycles. The van der Waals surface area contributed by atoms with Crippen LogP contribution in [0.4, 0.5) is 4.79 Å². The van der Waals surface area contributed by atoms with E-state index in [9.17, 15) is 9.59 Å². The van der Waals surface area contributed by atoms with Crippen LogP contribution in [0.1, 0.15) is 51.9 Å². The number of carbonyl (C=O) groups is 2. The fourth-order valence-corrected chi connectivity index (χ4v) is 4.22. The smallest absolute Gasteiger partial charge is 0.318 e. The van der Waals surface area contributed by atoms with Gasteiger partial charge >= 0.3 is 6.03 Å². The molecule has 2 aliphatic carbocycles. The summed E-state index contributed by atoms with van der Waals surface area (Å²) < 4.78 is 0. The predicted molar refractivity (Wildman–Crippen MR) is 76.2 cm³/mol. The number of hydrogen-bond donors (Lipinski definition) is 2. The molecule has 20 heavy (non-hydrogen) atoms. The van der Waals surface area contributed by atoms with Gasteiger partial charge < -0.3 is 15.5 Å². The second-order valence-corrected chi connectivity index (χ2v) is 6.40. The summed E-state index contributed by atoms with van der Waals surface area (Å²) in [5, 5.41) is 6.03. The predicted octanol–water partition coefficient (Wildman–Crippen LogP) is 1.63. The van der Waals surface area contributed by atoms with Gasteiger partial charge in [-0.2, -0.15) is 0 Å². The zero-order valence-electron chi connectivity index (χ0n) is 12.2. The topological polar surface area (TPSA) is 61.4 Å². The third-order valence-electron chi connectivity index (χ3n) is 5.12. The van der Waals surface area contributed by atoms with Crippen molar-refractivity contribution < 1.29 is 9.59 Å². The molecule has 5 heteroatoms. The average Bonchev–Trinajstić information content (AvgIpc) is 3.14. The SMILES string of the molecule is CCNC(=O)N1[C@H]2CC[C@@H](C2)[C@H]1C(=O)NC1CCCC1. The molecule has 0 aromatic heterocycles. The minimum absolute atomic E-state index is 0.0636. The van der Waals surface area contributed by atoms with Gasteiger partial charge in [0.1, 0.15) is 6.04 Å². The van der Waals surface area contributed by atoms with Gasteiger partial charge in [0.05, 0.1) is 0 Å². The Balaban J connectivity index is 1.68. The minimum Gasteiger partial charge on any atom is -0.352 e. The highest BCUT2D eigenvalue weighted by Gasteiger charge is 2.51. The molecule has 5 nitrogen and oxygen atoms in total. The van der Waals surface area contributed by atoms with Crippen LogP contribution in [0.15, 0.2) is 0 Å². The molecule has 2 N–H and O–H groups in total. The molecule has 3 fully saturated rings. The van der Waals surface area contributed by atoms with Gasteiger partial charge in [-0.25, -0.2) is 4.79 Å². The highest BCUT2D eigenvalue weighted by atomic mass is 16.2. The summed E-state index contributed by atoms with van der Waals surface area (Å²) in [4.78, 5) is 26.6. The summed E-state index contributed by atoms with van der Waals surface area (Å²) in [5.41, 5.74) is 0. The summed E-state index contributed by atoms with van der Waals surface area (Å²) in [6.45, 7) is 2.53. The zero-order chi connectivity index (χ0) is 14.1. The first-order valence-corrected chi connectivity index (χ1v) is 8.07. The monoisotopic (exact) mass is 279 g/mol. The molecule has 0 unspecified atom stereocenters. The molecule has 0 radical (unpaired) electrons. The fourth-order valence-electron chi connectivity index (χ4n) is 4.22. The summed E-state index contributed by atoms with van der Waals surface area (Å²) in [6, 6.07) is 0.302. The standard InChI is InChI=1S/C15H25N3O2/c1-2-16-15(20)18-12-8-7-10(9-12)13(18)14(19)17-11-5-3-4-6-11/h10-13H,2-9H2,1H3,(H,16,20)(H,17,19)/t10-,12-,13-/m0/s1. The molecule has 112 valence electrons. The molecule has 1 heterocycles. The lowest BCUT2D eigenvalue weighted by Gasteiger charge is -2.34. The summed E-state index contributed by atoms with van der Waals surface area (Å²) in [5.74, 6) is 0.444. The number of fused-ring (bicyclic) bond motifs is 2. The summed E-state index contributed by atoms with van der Waals surface area (Å²) in [7, 11) is 0. The Kier molecular flexibility index (Phi) is 3.85. The lowest BCUT2D eigenvalue weighted by Crippen LogP contribution is -2.56. The number of rotatable bonds is 3. The van der Waals surface area contributed by atoms with E-state index in [-0.39, 0.29) is 24.0 Å². The van der Waals surface area contributed by atoms with E-state index in [1.807, 2.05) is 11.8 Å². The first kappa shape index (κ1) is 13.7. The molecule has 3 atom stereocenters. The molecule has 2 bridgehead atoms. The maximum Gasteiger partial charge on any atom is 0.318 e. The van der Waals surface area contributed by atoms with E-state index in [4.69, 9.17) is 0 Å². The van der Waals surface area contributed by atoms with Gasteiger partial charge in [0.15, 0.2) is 0 Å². The number of urea groups is 1. The van der Waals surface area contributed by atoms with Crippen LogP contribution in [-0.2, 0) is 4.79 Å². The van der Waals surface area contributed by atoms with Crippen molar-refractivity contribution in [3.63, 3.8) is 0 Å². The van der Waals surface area contributed by atoms with Crippen LogP contribution < -0.4 is 10.6 Å². The van der Waals surface area contributed by atoms with Gasteiger partial charge in [-0.15, -0.1) is 0 Å². The molecule has 3 amide bonds. The lowest BCUT2D eigenvalue weighted by molar-refractivity contribution is -0.127. The largest absolute Gasteiger partial charge is 0.352 e. The molecular formula is C15H25N3O2. The first-order chi connectivity index (χ1) is 9.70. The van der Waals surface area contributed by atoms with E-state index in [1.165, 1.54) is 12.8 Å². The Morgan fingerprint density at radius 2 is 1.90 bits per heavy atom. The highest BCUT2D eigenvalue weighted by molar-refractivity contribution is 5.88. The Morgan fingerprint density at radius 1 is 1.15 bits per heavy atom. The zero-order valence-corrected chi connectivity index (χ0v) is 12.2. The third-order valence-corrected chi connectivity index (χ3v) is 5.12. The maximum atomic E-state index is 12.6. The van der Waals surface area contributed by atoms with Crippen molar-refractivity contribution in [3.05, 3.63) is 0 Å². The number of likely N-dealkylation sites (tertiary alicyclic amines) is 1. The van der Waals surface area contributed by atoms with Gasteiger partial charge in [0, 0.05) is 18.6 Å². The van der Waals surface area contributed by atoms with Crippen LogP contribution >= 0.6 is 0 Å². The quantitative estimate of drug-likeness (QED) is 0.825. The van der Waals surface area contributed by atoms with Crippen LogP contribution in [0.25, 0.3) is 0 Å². The number of hydrogen-bond acceptors (Lipinski definition) is 2. The van der Waals surface area contributed by atoms with Gasteiger partial charge in [0.2, 0.25) is 5.91 Å². The van der Waals surface area contributed by atoms with Crippen molar-refractivity contribution in [2.24, 2.45) is 5.92 Å². The molecule has 3 aliphatic rings. The minimum atomic E-state index is -0.235. The van der Waals surface area contributed by atoms with Crippen LogP contribution in [0, 0.1) is 5.92 Å². The van der Waals surface area contributed by atoms with Crippen LogP contribution in [0.5, 0.6) is 0 Å². The van der Waals surface area contributed by atoms with Crippen molar-refractivity contribution >= 4 is 11.9 Å². The van der Waals surface area contributed by atoms with Crippen molar-refractivity contribution in [2.45, 2.75) is 70.0 Å². The Labute approximate surface area is 120 Å². The molecule has 0 aromatic rings. The number of carbonyl (C=O) groups excluding carboxylic acids is 2. The molecule has 2 saturated carbocycles. The first-order valence-electron chi connectivity index (χ1n) is 8.07. The molecule has 0 aromatic carbocycles. The number of amides is 3. The molecular weight excluding hydrogens is 254 g/mol. The van der Waals surface area contributed by atoms with E-state index in [2.05, 4.69) is 10.6 Å². The maximum absolute atomic E-state index is 12.6. The number of nitrogens with zero attached hydrogens (tertiary/aromatic N) is 1. The highest BCUT2D eigenvalue weighted by Crippen LogP contribution is 2.42. The van der Waals surface area contributed by atoms with Gasteiger partial charge in [-0.3, -0.25) is 4.79 Å². The number of nitrogens with one attached hydrogen (secondary N) is 2. The normalized spacial score (nSPS) is 32.6. The molecule has 3 rings (SSSR count). The van der Waals surface area contributed by atoms with Gasteiger partial charge in [-0.1, -0.05) is 12.8 Å².